The fourth-order valence-corrected chi connectivity index (χ4v) is 2.78. The molecular weight excluding hydrogens is 314 g/mol. The zero-order chi connectivity index (χ0) is 14.9. The molecule has 1 atom stereocenters. The van der Waals surface area contributed by atoms with E-state index in [4.69, 9.17) is 17.3 Å². The third-order valence-electron chi connectivity index (χ3n) is 4.05. The predicted molar refractivity (Wildman–Crippen MR) is 85.3 cm³/mol. The Labute approximate surface area is 136 Å². The average Bonchev–Trinajstić information content (AvgIpc) is 2.37. The first-order valence-corrected chi connectivity index (χ1v) is 7.15. The number of carbonyl (C=O) groups excluding carboxylic acids is 1. The van der Waals surface area contributed by atoms with Crippen molar-refractivity contribution in [3.8, 4) is 0 Å². The number of piperidine rings is 1. The van der Waals surface area contributed by atoms with Gasteiger partial charge in [-0.05, 0) is 24.0 Å². The molecule has 1 aromatic carbocycles. The number of amides is 1. The Morgan fingerprint density at radius 2 is 2.19 bits per heavy atom. The van der Waals surface area contributed by atoms with Crippen molar-refractivity contribution in [1.82, 2.24) is 4.90 Å². The van der Waals surface area contributed by atoms with Gasteiger partial charge in [-0.1, -0.05) is 31.5 Å². The van der Waals surface area contributed by atoms with Gasteiger partial charge in [-0.3, -0.25) is 4.79 Å². The van der Waals surface area contributed by atoms with Gasteiger partial charge in [-0.15, -0.1) is 12.4 Å². The van der Waals surface area contributed by atoms with Crippen LogP contribution in [0.2, 0.25) is 5.02 Å². The Morgan fingerprint density at radius 3 is 2.76 bits per heavy atom. The first-order valence-electron chi connectivity index (χ1n) is 6.77. The highest BCUT2D eigenvalue weighted by Crippen LogP contribution is 2.28. The minimum Gasteiger partial charge on any atom is -0.342 e. The maximum absolute atomic E-state index is 13.7. The molecule has 0 aliphatic carbocycles. The minimum absolute atomic E-state index is 0. The number of carbonyl (C=O) groups is 1. The van der Waals surface area contributed by atoms with Crippen molar-refractivity contribution in [3.05, 3.63) is 34.6 Å². The third-order valence-corrected chi connectivity index (χ3v) is 4.41. The number of nitrogens with zero attached hydrogens (tertiary/aromatic N) is 1. The van der Waals surface area contributed by atoms with Crippen molar-refractivity contribution in [2.75, 3.05) is 13.1 Å². The van der Waals surface area contributed by atoms with E-state index in [1.807, 2.05) is 13.8 Å². The van der Waals surface area contributed by atoms with Gasteiger partial charge in [0.25, 0.3) is 0 Å². The molecule has 2 N–H and O–H groups in total. The minimum atomic E-state index is -0.432. The van der Waals surface area contributed by atoms with Gasteiger partial charge >= 0.3 is 0 Å². The molecular formula is C15H21Cl2FN2O. The van der Waals surface area contributed by atoms with Crippen molar-refractivity contribution < 1.29 is 9.18 Å². The van der Waals surface area contributed by atoms with Gasteiger partial charge in [-0.2, -0.15) is 0 Å². The summed E-state index contributed by atoms with van der Waals surface area (Å²) in [5.41, 5.74) is 6.21. The number of benzene rings is 1. The molecule has 0 aromatic heterocycles. The van der Waals surface area contributed by atoms with Gasteiger partial charge in [-0.25, -0.2) is 4.39 Å². The molecule has 1 amide bonds. The molecule has 21 heavy (non-hydrogen) atoms. The van der Waals surface area contributed by atoms with E-state index in [2.05, 4.69) is 0 Å². The SMILES string of the molecule is CC1(C)CN(C(=O)Cc2c(F)cccc2Cl)CCC1N.Cl. The number of rotatable bonds is 2. The van der Waals surface area contributed by atoms with Crippen LogP contribution >= 0.6 is 24.0 Å². The Hall–Kier alpha value is -0.840. The second kappa shape index (κ2) is 6.95. The molecule has 1 heterocycles. The number of hydrogen-bond acceptors (Lipinski definition) is 2. The smallest absolute Gasteiger partial charge is 0.227 e. The monoisotopic (exact) mass is 334 g/mol. The number of nitrogens with two attached hydrogens (primary N) is 1. The van der Waals surface area contributed by atoms with Gasteiger partial charge in [0.15, 0.2) is 0 Å². The van der Waals surface area contributed by atoms with Gasteiger partial charge in [0.2, 0.25) is 5.91 Å². The average molecular weight is 335 g/mol. The summed E-state index contributed by atoms with van der Waals surface area (Å²) in [6.45, 7) is 5.31. The van der Waals surface area contributed by atoms with Gasteiger partial charge in [0.05, 0.1) is 6.42 Å². The highest BCUT2D eigenvalue weighted by atomic mass is 35.5. The molecule has 1 saturated heterocycles. The molecule has 0 bridgehead atoms. The molecule has 3 nitrogen and oxygen atoms in total. The normalized spacial score (nSPS) is 20.8. The summed E-state index contributed by atoms with van der Waals surface area (Å²) < 4.78 is 13.7. The lowest BCUT2D eigenvalue weighted by Crippen LogP contribution is -2.54. The molecule has 1 fully saturated rings. The van der Waals surface area contributed by atoms with Crippen LogP contribution in [-0.2, 0) is 11.2 Å². The van der Waals surface area contributed by atoms with Gasteiger partial charge in [0, 0.05) is 29.7 Å². The van der Waals surface area contributed by atoms with E-state index < -0.39 is 5.82 Å². The van der Waals surface area contributed by atoms with Crippen molar-refractivity contribution in [2.45, 2.75) is 32.7 Å². The van der Waals surface area contributed by atoms with Crippen LogP contribution < -0.4 is 5.73 Å². The molecule has 0 saturated carbocycles. The summed E-state index contributed by atoms with van der Waals surface area (Å²) in [5, 5.41) is 0.298. The lowest BCUT2D eigenvalue weighted by Gasteiger charge is -2.42. The molecule has 1 aliphatic rings. The molecule has 1 aromatic rings. The second-order valence-electron chi connectivity index (χ2n) is 6.08. The highest BCUT2D eigenvalue weighted by molar-refractivity contribution is 6.31. The molecule has 0 spiro atoms. The summed E-state index contributed by atoms with van der Waals surface area (Å²) in [4.78, 5) is 14.1. The van der Waals surface area contributed by atoms with Crippen LogP contribution in [0.3, 0.4) is 0 Å². The molecule has 118 valence electrons. The standard InChI is InChI=1S/C15H20ClFN2O.ClH/c1-15(2)9-19(7-6-13(15)18)14(20)8-10-11(16)4-3-5-12(10)17;/h3-5,13H,6-9,18H2,1-2H3;1H. The predicted octanol–water partition coefficient (Wildman–Crippen LogP) is 3.03. The van der Waals surface area contributed by atoms with Crippen LogP contribution in [0.25, 0.3) is 0 Å². The van der Waals surface area contributed by atoms with E-state index in [1.54, 1.807) is 11.0 Å². The zero-order valence-electron chi connectivity index (χ0n) is 12.2. The van der Waals surface area contributed by atoms with E-state index in [0.717, 1.165) is 6.42 Å². The van der Waals surface area contributed by atoms with Crippen LogP contribution in [0.4, 0.5) is 4.39 Å². The highest BCUT2D eigenvalue weighted by Gasteiger charge is 2.35. The summed E-state index contributed by atoms with van der Waals surface area (Å²) in [6, 6.07) is 4.55. The van der Waals surface area contributed by atoms with Gasteiger partial charge in [0.1, 0.15) is 5.82 Å². The van der Waals surface area contributed by atoms with E-state index in [9.17, 15) is 9.18 Å². The summed E-state index contributed by atoms with van der Waals surface area (Å²) in [7, 11) is 0. The van der Waals surface area contributed by atoms with Crippen LogP contribution in [-0.4, -0.2) is 29.9 Å². The first-order chi connectivity index (χ1) is 9.31. The number of halogens is 3. The van der Waals surface area contributed by atoms with E-state index in [0.29, 0.717) is 18.1 Å². The lowest BCUT2D eigenvalue weighted by molar-refractivity contribution is -0.133. The fraction of sp³-hybridized carbons (Fsp3) is 0.533. The molecule has 2 rings (SSSR count). The second-order valence-corrected chi connectivity index (χ2v) is 6.48. The van der Waals surface area contributed by atoms with Crippen molar-refractivity contribution in [3.63, 3.8) is 0 Å². The van der Waals surface area contributed by atoms with Crippen molar-refractivity contribution >= 4 is 29.9 Å². The van der Waals surface area contributed by atoms with Crippen molar-refractivity contribution in [2.24, 2.45) is 11.1 Å². The summed E-state index contributed by atoms with van der Waals surface area (Å²) >= 11 is 5.96. The summed E-state index contributed by atoms with van der Waals surface area (Å²) in [5.74, 6) is -0.532. The van der Waals surface area contributed by atoms with E-state index >= 15 is 0 Å². The summed E-state index contributed by atoms with van der Waals surface area (Å²) in [6.07, 6.45) is 0.764. The van der Waals surface area contributed by atoms with E-state index in [1.165, 1.54) is 12.1 Å². The maximum atomic E-state index is 13.7. The maximum Gasteiger partial charge on any atom is 0.227 e. The quantitative estimate of drug-likeness (QED) is 0.903. The topological polar surface area (TPSA) is 46.3 Å². The number of likely N-dealkylation sites (tertiary alicyclic amines) is 1. The Bertz CT molecular complexity index is 502. The zero-order valence-corrected chi connectivity index (χ0v) is 13.8. The van der Waals surface area contributed by atoms with Crippen LogP contribution in [0.15, 0.2) is 18.2 Å². The Morgan fingerprint density at radius 1 is 1.52 bits per heavy atom. The molecule has 1 unspecified atom stereocenters. The fourth-order valence-electron chi connectivity index (χ4n) is 2.55. The van der Waals surface area contributed by atoms with Crippen molar-refractivity contribution in [1.29, 1.82) is 0 Å². The van der Waals surface area contributed by atoms with Gasteiger partial charge < -0.3 is 10.6 Å². The lowest BCUT2D eigenvalue weighted by atomic mass is 9.79. The number of hydrogen-bond donors (Lipinski definition) is 1. The third kappa shape index (κ3) is 4.09. The van der Waals surface area contributed by atoms with Crippen LogP contribution in [0.5, 0.6) is 0 Å². The molecule has 0 radical (unpaired) electrons. The van der Waals surface area contributed by atoms with Crippen LogP contribution in [0, 0.1) is 11.2 Å². The van der Waals surface area contributed by atoms with Crippen LogP contribution in [0.1, 0.15) is 25.8 Å². The van der Waals surface area contributed by atoms with E-state index in [-0.39, 0.29) is 41.8 Å². The molecule has 1 aliphatic heterocycles. The largest absolute Gasteiger partial charge is 0.342 e. The molecule has 6 heteroatoms. The first kappa shape index (κ1) is 18.2. The Balaban J connectivity index is 0.00000220. The Kier molecular flexibility index (Phi) is 6.02.